The molecule has 5 unspecified atom stereocenters. The van der Waals surface area contributed by atoms with E-state index in [1.54, 1.807) is 11.9 Å². The first kappa shape index (κ1) is 33.8. The molecule has 1 aromatic heterocycles. The summed E-state index contributed by atoms with van der Waals surface area (Å²) in [5.74, 6) is 1.91. The lowest BCUT2D eigenvalue weighted by atomic mass is 9.76. The van der Waals surface area contributed by atoms with Crippen LogP contribution in [0.2, 0.25) is 0 Å². The van der Waals surface area contributed by atoms with Crippen molar-refractivity contribution in [2.75, 3.05) is 0 Å². The van der Waals surface area contributed by atoms with Gasteiger partial charge in [-0.2, -0.15) is 5.26 Å². The fourth-order valence-electron chi connectivity index (χ4n) is 8.60. The number of alkyl halides is 1. The number of hydrogen-bond donors (Lipinski definition) is 0. The number of hydrogen-bond acceptors (Lipinski definition) is 3. The maximum absolute atomic E-state index is 14.0. The van der Waals surface area contributed by atoms with Gasteiger partial charge in [-0.1, -0.05) is 86.4 Å². The number of benzene rings is 2. The largest absolute Gasteiger partial charge is 0.243 e. The SMILES string of the molecule is C=CC(F)Cc1ccc(C2=C(C)C(CC)C=C(C3CCCCC(c4ncnc5c4C=C(c4ccc(C#N)cc4)CC5)CC3)CC2C)cc1. The van der Waals surface area contributed by atoms with Crippen molar-refractivity contribution in [2.24, 2.45) is 17.8 Å². The van der Waals surface area contributed by atoms with E-state index in [2.05, 4.69) is 82.0 Å². The number of aromatic nitrogens is 2. The molecule has 1 heterocycles. The quantitative estimate of drug-likeness (QED) is 0.230. The van der Waals surface area contributed by atoms with Gasteiger partial charge in [-0.25, -0.2) is 14.4 Å². The molecule has 0 spiro atoms. The van der Waals surface area contributed by atoms with Crippen LogP contribution in [-0.4, -0.2) is 16.1 Å². The van der Waals surface area contributed by atoms with Crippen molar-refractivity contribution in [3.8, 4) is 6.07 Å². The van der Waals surface area contributed by atoms with Crippen LogP contribution in [0.4, 0.5) is 4.39 Å². The Labute approximate surface area is 287 Å². The maximum Gasteiger partial charge on any atom is 0.122 e. The third-order valence-electron chi connectivity index (χ3n) is 11.3. The van der Waals surface area contributed by atoms with Crippen LogP contribution in [0.15, 0.2) is 84.7 Å². The Morgan fingerprint density at radius 1 is 0.958 bits per heavy atom. The molecule has 3 nitrogen and oxygen atoms in total. The monoisotopic (exact) mass is 639 g/mol. The Morgan fingerprint density at radius 3 is 2.38 bits per heavy atom. The first-order chi connectivity index (χ1) is 23.4. The molecule has 0 amide bonds. The average molecular weight is 640 g/mol. The highest BCUT2D eigenvalue weighted by atomic mass is 19.1. The van der Waals surface area contributed by atoms with Crippen molar-refractivity contribution in [2.45, 2.75) is 103 Å². The van der Waals surface area contributed by atoms with Gasteiger partial charge in [-0.15, -0.1) is 6.58 Å². The maximum atomic E-state index is 14.0. The fourth-order valence-corrected chi connectivity index (χ4v) is 8.60. The fraction of sp³-hybridized carbons (Fsp3) is 0.432. The zero-order valence-corrected chi connectivity index (χ0v) is 29.0. The number of rotatable bonds is 8. The Kier molecular flexibility index (Phi) is 10.9. The van der Waals surface area contributed by atoms with Crippen LogP contribution in [0.25, 0.3) is 17.2 Å². The van der Waals surface area contributed by atoms with Gasteiger partial charge in [0.25, 0.3) is 0 Å². The van der Waals surface area contributed by atoms with E-state index in [-0.39, 0.29) is 0 Å². The van der Waals surface area contributed by atoms with Crippen molar-refractivity contribution in [3.05, 3.63) is 124 Å². The summed E-state index contributed by atoms with van der Waals surface area (Å²) in [5.41, 5.74) is 13.8. The summed E-state index contributed by atoms with van der Waals surface area (Å²) in [6.07, 6.45) is 18.9. The Morgan fingerprint density at radius 2 is 1.67 bits per heavy atom. The minimum Gasteiger partial charge on any atom is -0.243 e. The average Bonchev–Trinajstić information content (AvgIpc) is 3.23. The van der Waals surface area contributed by atoms with Gasteiger partial charge in [-0.05, 0) is 122 Å². The first-order valence-electron chi connectivity index (χ1n) is 18.2. The molecule has 4 heteroatoms. The lowest BCUT2D eigenvalue weighted by Gasteiger charge is -2.29. The summed E-state index contributed by atoms with van der Waals surface area (Å²) < 4.78 is 14.0. The molecular weight excluding hydrogens is 590 g/mol. The van der Waals surface area contributed by atoms with Gasteiger partial charge in [0.1, 0.15) is 12.5 Å². The molecule has 0 N–H and O–H groups in total. The third kappa shape index (κ3) is 7.46. The zero-order chi connectivity index (χ0) is 33.6. The number of nitriles is 1. The molecule has 1 fully saturated rings. The minimum absolute atomic E-state index is 0.385. The summed E-state index contributed by atoms with van der Waals surface area (Å²) >= 11 is 0. The molecule has 0 saturated heterocycles. The highest BCUT2D eigenvalue weighted by molar-refractivity contribution is 5.84. The van der Waals surface area contributed by atoms with Crippen LogP contribution in [0, 0.1) is 29.1 Å². The van der Waals surface area contributed by atoms with E-state index < -0.39 is 6.17 Å². The summed E-state index contributed by atoms with van der Waals surface area (Å²) in [4.78, 5) is 9.69. The topological polar surface area (TPSA) is 49.6 Å². The van der Waals surface area contributed by atoms with Crippen LogP contribution in [-0.2, 0) is 12.8 Å². The van der Waals surface area contributed by atoms with Crippen LogP contribution in [0.3, 0.4) is 0 Å². The number of allylic oxidation sites excluding steroid dienone is 6. The van der Waals surface area contributed by atoms with Crippen LogP contribution in [0.1, 0.15) is 124 Å². The molecule has 0 bridgehead atoms. The van der Waals surface area contributed by atoms with Gasteiger partial charge in [-0.3, -0.25) is 0 Å². The second-order valence-electron chi connectivity index (χ2n) is 14.3. The minimum atomic E-state index is -1.00. The van der Waals surface area contributed by atoms with Gasteiger partial charge in [0.05, 0.1) is 23.0 Å². The molecule has 248 valence electrons. The summed E-state index contributed by atoms with van der Waals surface area (Å²) in [6, 6.07) is 18.8. The molecule has 3 aliphatic rings. The van der Waals surface area contributed by atoms with E-state index >= 15 is 0 Å². The van der Waals surface area contributed by atoms with E-state index in [0.29, 0.717) is 35.7 Å². The molecule has 2 aromatic carbocycles. The van der Waals surface area contributed by atoms with Gasteiger partial charge in [0.15, 0.2) is 0 Å². The molecule has 6 rings (SSSR count). The molecule has 3 aliphatic carbocycles. The number of halogens is 1. The standard InChI is InChI=1S/C44H50FN3/c1-5-33-25-39(23-29(3)43(30(33)4)36-17-11-31(12-18-36)24-40(45)6-2)34-9-7-8-10-37(20-19-34)44-41-26-38(21-22-42(41)47-28-48-44)35-15-13-32(27-46)14-16-35/h6,11-18,25-26,28-29,33-34,37,40H,2,5,7-10,19-24H2,1,3-4H3. The van der Waals surface area contributed by atoms with Gasteiger partial charge in [0, 0.05) is 17.9 Å². The zero-order valence-electron chi connectivity index (χ0n) is 29.0. The molecule has 5 atom stereocenters. The van der Waals surface area contributed by atoms with Crippen LogP contribution < -0.4 is 0 Å². The van der Waals surface area contributed by atoms with E-state index in [1.807, 2.05) is 12.1 Å². The lowest BCUT2D eigenvalue weighted by molar-refractivity contribution is 0.375. The van der Waals surface area contributed by atoms with Crippen LogP contribution >= 0.6 is 0 Å². The molecule has 0 radical (unpaired) electrons. The molecule has 1 saturated carbocycles. The van der Waals surface area contributed by atoms with Crippen molar-refractivity contribution < 1.29 is 4.39 Å². The highest BCUT2D eigenvalue weighted by Gasteiger charge is 2.30. The molecule has 0 aliphatic heterocycles. The van der Waals surface area contributed by atoms with Crippen LogP contribution in [0.5, 0.6) is 0 Å². The normalized spacial score (nSPS) is 23.8. The van der Waals surface area contributed by atoms with E-state index in [9.17, 15) is 9.65 Å². The van der Waals surface area contributed by atoms with E-state index in [0.717, 1.165) is 37.7 Å². The number of aryl methyl sites for hydroxylation is 1. The van der Waals surface area contributed by atoms with Crippen molar-refractivity contribution in [1.82, 2.24) is 9.97 Å². The summed E-state index contributed by atoms with van der Waals surface area (Å²) in [7, 11) is 0. The van der Waals surface area contributed by atoms with Gasteiger partial charge < -0.3 is 0 Å². The predicted octanol–water partition coefficient (Wildman–Crippen LogP) is 11.4. The Balaban J connectivity index is 1.21. The second kappa shape index (κ2) is 15.4. The molecule has 48 heavy (non-hydrogen) atoms. The summed E-state index contributed by atoms with van der Waals surface area (Å²) in [5, 5.41) is 9.26. The first-order valence-corrected chi connectivity index (χ1v) is 18.2. The Hall–Kier alpha value is -4.10. The Bertz CT molecular complexity index is 1740. The van der Waals surface area contributed by atoms with Crippen molar-refractivity contribution >= 4 is 17.2 Å². The van der Waals surface area contributed by atoms with Crippen molar-refractivity contribution in [3.63, 3.8) is 0 Å². The smallest absolute Gasteiger partial charge is 0.122 e. The highest BCUT2D eigenvalue weighted by Crippen LogP contribution is 2.45. The molecule has 3 aromatic rings. The summed E-state index contributed by atoms with van der Waals surface area (Å²) in [6.45, 7) is 10.7. The van der Waals surface area contributed by atoms with E-state index in [4.69, 9.17) is 9.97 Å². The van der Waals surface area contributed by atoms with Gasteiger partial charge >= 0.3 is 0 Å². The van der Waals surface area contributed by atoms with Crippen molar-refractivity contribution in [1.29, 1.82) is 5.26 Å². The van der Waals surface area contributed by atoms with E-state index in [1.165, 1.54) is 83.0 Å². The third-order valence-corrected chi connectivity index (χ3v) is 11.3. The number of fused-ring (bicyclic) bond motifs is 1. The van der Waals surface area contributed by atoms with Gasteiger partial charge in [0.2, 0.25) is 0 Å². The lowest BCUT2D eigenvalue weighted by Crippen LogP contribution is -2.16. The number of nitrogens with zero attached hydrogens (tertiary/aromatic N) is 3. The second-order valence-corrected chi connectivity index (χ2v) is 14.3. The molecular formula is C44H50FN3. The predicted molar refractivity (Wildman–Crippen MR) is 197 cm³/mol.